The summed E-state index contributed by atoms with van der Waals surface area (Å²) < 4.78 is 51.6. The van der Waals surface area contributed by atoms with E-state index >= 15 is 0 Å². The molecule has 9 nitrogen and oxygen atoms in total. The summed E-state index contributed by atoms with van der Waals surface area (Å²) in [5.74, 6) is 1.47. The van der Waals surface area contributed by atoms with E-state index in [2.05, 4.69) is 25.7 Å². The van der Waals surface area contributed by atoms with E-state index in [4.69, 9.17) is 9.47 Å². The van der Waals surface area contributed by atoms with E-state index in [9.17, 15) is 18.0 Å². The number of urea groups is 1. The van der Waals surface area contributed by atoms with Crippen LogP contribution in [0.4, 0.5) is 29.3 Å². The van der Waals surface area contributed by atoms with Crippen molar-refractivity contribution in [2.45, 2.75) is 13.1 Å². The highest BCUT2D eigenvalue weighted by molar-refractivity contribution is 5.99. The number of carbonyl (C=O) groups excluding carboxylic acids is 1. The summed E-state index contributed by atoms with van der Waals surface area (Å²) in [5.41, 5.74) is 1.58. The predicted octanol–water partition coefficient (Wildman–Crippen LogP) is 6.59. The average molecular weight is 534 g/mol. The van der Waals surface area contributed by atoms with E-state index in [-0.39, 0.29) is 5.69 Å². The molecular formula is C27H21F3N6O3. The van der Waals surface area contributed by atoms with Crippen LogP contribution in [0.5, 0.6) is 17.4 Å². The van der Waals surface area contributed by atoms with Crippen molar-refractivity contribution < 1.29 is 27.4 Å². The Morgan fingerprint density at radius 3 is 2.28 bits per heavy atom. The van der Waals surface area contributed by atoms with E-state index in [0.717, 1.165) is 23.6 Å². The van der Waals surface area contributed by atoms with Gasteiger partial charge in [-0.25, -0.2) is 19.4 Å². The largest absolute Gasteiger partial charge is 0.497 e. The molecule has 5 rings (SSSR count). The fraction of sp³-hybridized carbons (Fsp3) is 0.111. The highest BCUT2D eigenvalue weighted by atomic mass is 19.4. The second kappa shape index (κ2) is 10.3. The van der Waals surface area contributed by atoms with Crippen LogP contribution in [-0.4, -0.2) is 32.9 Å². The van der Waals surface area contributed by atoms with Crippen molar-refractivity contribution in [1.82, 2.24) is 19.7 Å². The highest BCUT2D eigenvalue weighted by Crippen LogP contribution is 2.32. The third-order valence-corrected chi connectivity index (χ3v) is 5.70. The number of ether oxygens (including phenoxy) is 2. The molecule has 198 valence electrons. The Labute approximate surface area is 220 Å². The summed E-state index contributed by atoms with van der Waals surface area (Å²) in [6, 6.07) is 17.5. The summed E-state index contributed by atoms with van der Waals surface area (Å²) >= 11 is 0. The van der Waals surface area contributed by atoms with Crippen LogP contribution in [0.1, 0.15) is 11.3 Å². The molecule has 0 atom stereocenters. The second-order valence-corrected chi connectivity index (χ2v) is 8.36. The van der Waals surface area contributed by atoms with Crippen molar-refractivity contribution in [2.75, 3.05) is 17.7 Å². The SMILES string of the molecule is COc1ccc(-n2nc(C)c3c(Oc4ccc(NC(=O)Nc5cccc(C(F)(F)F)c5)cc4)ncnc32)cc1. The van der Waals surface area contributed by atoms with Crippen molar-refractivity contribution >= 4 is 28.4 Å². The zero-order valence-electron chi connectivity index (χ0n) is 20.7. The van der Waals surface area contributed by atoms with Gasteiger partial charge in [0.15, 0.2) is 5.65 Å². The Hall–Kier alpha value is -5.13. The third-order valence-electron chi connectivity index (χ3n) is 5.70. The Kier molecular flexibility index (Phi) is 6.75. The summed E-state index contributed by atoms with van der Waals surface area (Å²) in [4.78, 5) is 20.9. The van der Waals surface area contributed by atoms with Crippen LogP contribution in [0.2, 0.25) is 0 Å². The first kappa shape index (κ1) is 25.5. The van der Waals surface area contributed by atoms with Gasteiger partial charge in [0.25, 0.3) is 0 Å². The fourth-order valence-corrected chi connectivity index (χ4v) is 3.85. The van der Waals surface area contributed by atoms with Crippen LogP contribution in [0.25, 0.3) is 16.7 Å². The van der Waals surface area contributed by atoms with E-state index in [1.54, 1.807) is 36.1 Å². The zero-order chi connectivity index (χ0) is 27.6. The highest BCUT2D eigenvalue weighted by Gasteiger charge is 2.30. The number of benzene rings is 3. The van der Waals surface area contributed by atoms with Crippen LogP contribution < -0.4 is 20.1 Å². The molecule has 5 aromatic rings. The van der Waals surface area contributed by atoms with Crippen molar-refractivity contribution in [3.63, 3.8) is 0 Å². The van der Waals surface area contributed by atoms with E-state index < -0.39 is 17.8 Å². The number of aryl methyl sites for hydroxylation is 1. The van der Waals surface area contributed by atoms with Crippen LogP contribution in [0.3, 0.4) is 0 Å². The zero-order valence-corrected chi connectivity index (χ0v) is 20.7. The molecule has 3 aromatic carbocycles. The Balaban J connectivity index is 1.30. The van der Waals surface area contributed by atoms with Gasteiger partial charge in [-0.15, -0.1) is 0 Å². The van der Waals surface area contributed by atoms with Crippen molar-refractivity contribution in [1.29, 1.82) is 0 Å². The molecule has 0 unspecified atom stereocenters. The minimum Gasteiger partial charge on any atom is -0.497 e. The molecule has 0 radical (unpaired) electrons. The lowest BCUT2D eigenvalue weighted by Crippen LogP contribution is -2.19. The Morgan fingerprint density at radius 2 is 1.59 bits per heavy atom. The first-order valence-corrected chi connectivity index (χ1v) is 11.6. The average Bonchev–Trinajstić information content (AvgIpc) is 3.26. The van der Waals surface area contributed by atoms with Gasteiger partial charge in [0.05, 0.1) is 24.1 Å². The lowest BCUT2D eigenvalue weighted by atomic mass is 10.2. The quantitative estimate of drug-likeness (QED) is 0.255. The number of rotatable bonds is 6. The number of anilines is 2. The number of carbonyl (C=O) groups is 1. The molecule has 0 saturated carbocycles. The maximum atomic E-state index is 12.9. The lowest BCUT2D eigenvalue weighted by molar-refractivity contribution is -0.137. The molecule has 0 aliphatic rings. The molecular weight excluding hydrogens is 513 g/mol. The number of nitrogens with zero attached hydrogens (tertiary/aromatic N) is 4. The number of hydrogen-bond donors (Lipinski definition) is 2. The molecule has 0 aliphatic carbocycles. The number of fused-ring (bicyclic) bond motifs is 1. The fourth-order valence-electron chi connectivity index (χ4n) is 3.85. The van der Waals surface area contributed by atoms with Gasteiger partial charge >= 0.3 is 12.2 Å². The van der Waals surface area contributed by atoms with Crippen molar-refractivity contribution in [2.24, 2.45) is 0 Å². The van der Waals surface area contributed by atoms with E-state index in [1.165, 1.54) is 18.5 Å². The number of methoxy groups -OCH3 is 1. The monoisotopic (exact) mass is 534 g/mol. The van der Waals surface area contributed by atoms with Crippen LogP contribution >= 0.6 is 0 Å². The normalized spacial score (nSPS) is 11.3. The summed E-state index contributed by atoms with van der Waals surface area (Å²) in [6.07, 6.45) is -3.13. The molecule has 12 heteroatoms. The van der Waals surface area contributed by atoms with E-state index in [0.29, 0.717) is 34.0 Å². The first-order valence-electron chi connectivity index (χ1n) is 11.6. The minimum atomic E-state index is -4.51. The number of alkyl halides is 3. The van der Waals surface area contributed by atoms with Crippen LogP contribution in [0, 0.1) is 6.92 Å². The number of aromatic nitrogens is 4. The number of nitrogens with one attached hydrogen (secondary N) is 2. The molecule has 0 bridgehead atoms. The predicted molar refractivity (Wildman–Crippen MR) is 139 cm³/mol. The second-order valence-electron chi connectivity index (χ2n) is 8.36. The van der Waals surface area contributed by atoms with Crippen LogP contribution in [-0.2, 0) is 6.18 Å². The molecule has 0 saturated heterocycles. The van der Waals surface area contributed by atoms with Crippen molar-refractivity contribution in [3.05, 3.63) is 90.4 Å². The third kappa shape index (κ3) is 5.59. The topological polar surface area (TPSA) is 103 Å². The van der Waals surface area contributed by atoms with Crippen molar-refractivity contribution in [3.8, 4) is 23.1 Å². The van der Waals surface area contributed by atoms with Gasteiger partial charge in [0.1, 0.15) is 23.2 Å². The molecule has 39 heavy (non-hydrogen) atoms. The molecule has 0 spiro atoms. The maximum Gasteiger partial charge on any atom is 0.416 e. The standard InChI is InChI=1S/C27H21F3N6O3/c1-16-23-24(36(35-16)20-8-12-21(38-2)13-9-20)31-15-32-25(23)39-22-10-6-18(7-11-22)33-26(37)34-19-5-3-4-17(14-19)27(28,29)30/h3-15H,1-2H3,(H2,33,34,37). The summed E-state index contributed by atoms with van der Waals surface area (Å²) in [6.45, 7) is 1.83. The molecule has 2 N–H and O–H groups in total. The van der Waals surface area contributed by atoms with Gasteiger partial charge in [-0.2, -0.15) is 18.3 Å². The molecule has 2 amide bonds. The maximum absolute atomic E-state index is 12.9. The molecule has 0 aliphatic heterocycles. The van der Waals surface area contributed by atoms with E-state index in [1.807, 2.05) is 31.2 Å². The molecule has 2 heterocycles. The van der Waals surface area contributed by atoms with Gasteiger partial charge in [-0.1, -0.05) is 6.07 Å². The van der Waals surface area contributed by atoms with Gasteiger partial charge in [-0.05, 0) is 73.7 Å². The number of hydrogen-bond acceptors (Lipinski definition) is 6. The minimum absolute atomic E-state index is 0.0145. The van der Waals surface area contributed by atoms with Gasteiger partial charge in [0.2, 0.25) is 5.88 Å². The Morgan fingerprint density at radius 1 is 0.897 bits per heavy atom. The molecule has 2 aromatic heterocycles. The Bertz CT molecular complexity index is 1630. The molecule has 0 fully saturated rings. The van der Waals surface area contributed by atoms with Gasteiger partial charge in [-0.3, -0.25) is 0 Å². The lowest BCUT2D eigenvalue weighted by Gasteiger charge is -2.11. The number of halogens is 3. The van der Waals surface area contributed by atoms with Gasteiger partial charge in [0, 0.05) is 11.4 Å². The van der Waals surface area contributed by atoms with Gasteiger partial charge < -0.3 is 20.1 Å². The first-order chi connectivity index (χ1) is 18.7. The smallest absolute Gasteiger partial charge is 0.416 e. The number of amides is 2. The summed E-state index contributed by atoms with van der Waals surface area (Å²) in [5, 5.41) is 10.2. The summed E-state index contributed by atoms with van der Waals surface area (Å²) in [7, 11) is 1.59. The van der Waals surface area contributed by atoms with Crippen LogP contribution in [0.15, 0.2) is 79.1 Å².